The Kier molecular flexibility index (Phi) is 3.13. The van der Waals surface area contributed by atoms with Crippen LogP contribution in [0.1, 0.15) is 0 Å². The van der Waals surface area contributed by atoms with Gasteiger partial charge in [0.15, 0.2) is 0 Å². The molecular weight excluding hydrogens is 343 g/mol. The van der Waals surface area contributed by atoms with Gasteiger partial charge in [0.05, 0.1) is 5.69 Å². The van der Waals surface area contributed by atoms with Crippen molar-refractivity contribution in [2.24, 2.45) is 0 Å². The maximum atomic E-state index is 13.5. The van der Waals surface area contributed by atoms with E-state index in [-0.39, 0.29) is 5.69 Å². The van der Waals surface area contributed by atoms with Crippen LogP contribution >= 0.6 is 15.9 Å². The second-order valence-electron chi connectivity index (χ2n) is 4.41. The summed E-state index contributed by atoms with van der Waals surface area (Å²) >= 11 is 3.35. The molecule has 2 N–H and O–H groups in total. The third-order valence-electron chi connectivity index (χ3n) is 3.08. The number of hydrogen-bond donors (Lipinski definition) is 2. The molecule has 0 aliphatic carbocycles. The fraction of sp³-hybridized carbons (Fsp3) is 0. The van der Waals surface area contributed by atoms with Crippen LogP contribution in [0.25, 0.3) is 16.5 Å². The van der Waals surface area contributed by atoms with Crippen molar-refractivity contribution in [3.05, 3.63) is 67.5 Å². The molecule has 0 saturated heterocycles. The van der Waals surface area contributed by atoms with E-state index in [1.165, 1.54) is 0 Å². The maximum absolute atomic E-state index is 13.5. The minimum Gasteiger partial charge on any atom is -0.492 e. The standard InChI is InChI=1S/C14H8BrFN2O3/c15-9-3-1-8-6-10(4-2-7(8)5-9)18-13(20)11(16)12(19)17-14(18)21/h1-6,20H,(H,17,19,21). The molecule has 1 heterocycles. The van der Waals surface area contributed by atoms with Gasteiger partial charge in [0.25, 0.3) is 5.56 Å². The van der Waals surface area contributed by atoms with Gasteiger partial charge >= 0.3 is 5.69 Å². The quantitative estimate of drug-likeness (QED) is 0.706. The van der Waals surface area contributed by atoms with Gasteiger partial charge in [-0.05, 0) is 35.0 Å². The number of H-pyrrole nitrogens is 1. The number of halogens is 2. The van der Waals surface area contributed by atoms with Gasteiger partial charge in [0.1, 0.15) is 0 Å². The van der Waals surface area contributed by atoms with E-state index in [0.717, 1.165) is 15.2 Å². The number of nitrogens with one attached hydrogen (secondary N) is 1. The smallest absolute Gasteiger partial charge is 0.335 e. The molecule has 106 valence electrons. The molecule has 0 aliphatic rings. The number of hydrogen-bond acceptors (Lipinski definition) is 3. The summed E-state index contributed by atoms with van der Waals surface area (Å²) in [5, 5.41) is 11.4. The molecule has 21 heavy (non-hydrogen) atoms. The van der Waals surface area contributed by atoms with Crippen molar-refractivity contribution >= 4 is 26.7 Å². The minimum absolute atomic E-state index is 0.252. The monoisotopic (exact) mass is 350 g/mol. The molecule has 0 aliphatic heterocycles. The lowest BCUT2D eigenvalue weighted by molar-refractivity contribution is 0.386. The fourth-order valence-electron chi connectivity index (χ4n) is 2.09. The molecule has 5 nitrogen and oxygen atoms in total. The Balaban J connectivity index is 2.31. The lowest BCUT2D eigenvalue weighted by Crippen LogP contribution is -2.30. The predicted octanol–water partition coefficient (Wildman–Crippen LogP) is 2.29. The van der Waals surface area contributed by atoms with Crippen LogP contribution in [0, 0.1) is 5.82 Å². The van der Waals surface area contributed by atoms with Crippen molar-refractivity contribution in [3.63, 3.8) is 0 Å². The Hall–Kier alpha value is -2.41. The van der Waals surface area contributed by atoms with E-state index in [1.54, 1.807) is 18.2 Å². The molecule has 0 spiro atoms. The first-order chi connectivity index (χ1) is 9.97. The van der Waals surface area contributed by atoms with Crippen LogP contribution in [0.5, 0.6) is 5.88 Å². The number of aromatic nitrogens is 2. The Morgan fingerprint density at radius 1 is 1.10 bits per heavy atom. The number of benzene rings is 2. The Bertz CT molecular complexity index is 978. The molecule has 0 atom stereocenters. The highest BCUT2D eigenvalue weighted by Gasteiger charge is 2.15. The zero-order chi connectivity index (χ0) is 15.1. The van der Waals surface area contributed by atoms with Gasteiger partial charge < -0.3 is 5.11 Å². The lowest BCUT2D eigenvalue weighted by atomic mass is 10.1. The first kappa shape index (κ1) is 13.6. The van der Waals surface area contributed by atoms with Crippen molar-refractivity contribution in [1.82, 2.24) is 9.55 Å². The Morgan fingerprint density at radius 3 is 2.52 bits per heavy atom. The summed E-state index contributed by atoms with van der Waals surface area (Å²) in [7, 11) is 0. The zero-order valence-electron chi connectivity index (χ0n) is 10.4. The largest absolute Gasteiger partial charge is 0.492 e. The average molecular weight is 351 g/mol. The summed E-state index contributed by atoms with van der Waals surface area (Å²) < 4.78 is 15.1. The number of aromatic amines is 1. The number of aromatic hydroxyl groups is 1. The molecule has 0 unspecified atom stereocenters. The second kappa shape index (κ2) is 4.85. The van der Waals surface area contributed by atoms with Crippen molar-refractivity contribution in [2.45, 2.75) is 0 Å². The summed E-state index contributed by atoms with van der Waals surface area (Å²) in [6.45, 7) is 0. The van der Waals surface area contributed by atoms with Crippen LogP contribution in [0.15, 0.2) is 50.5 Å². The molecule has 0 saturated carbocycles. The van der Waals surface area contributed by atoms with E-state index in [9.17, 15) is 19.1 Å². The summed E-state index contributed by atoms with van der Waals surface area (Å²) in [4.78, 5) is 24.7. The van der Waals surface area contributed by atoms with Crippen LogP contribution in [0.4, 0.5) is 4.39 Å². The SMILES string of the molecule is O=c1[nH]c(=O)n(-c2ccc3cc(Br)ccc3c2)c(O)c1F. The first-order valence-corrected chi connectivity index (χ1v) is 6.70. The van der Waals surface area contributed by atoms with Crippen LogP contribution in [-0.4, -0.2) is 14.7 Å². The van der Waals surface area contributed by atoms with Gasteiger partial charge in [0, 0.05) is 4.47 Å². The highest BCUT2D eigenvalue weighted by molar-refractivity contribution is 9.10. The summed E-state index contributed by atoms with van der Waals surface area (Å²) in [6, 6.07) is 10.4. The van der Waals surface area contributed by atoms with Gasteiger partial charge in [-0.25, -0.2) is 9.36 Å². The van der Waals surface area contributed by atoms with Crippen LogP contribution in [-0.2, 0) is 0 Å². The molecule has 2 aromatic carbocycles. The van der Waals surface area contributed by atoms with Gasteiger partial charge in [0.2, 0.25) is 11.7 Å². The molecular formula is C14H8BrFN2O3. The minimum atomic E-state index is -1.40. The number of fused-ring (bicyclic) bond motifs is 1. The fourth-order valence-corrected chi connectivity index (χ4v) is 2.47. The van der Waals surface area contributed by atoms with E-state index < -0.39 is 22.9 Å². The third kappa shape index (κ3) is 2.25. The normalized spacial score (nSPS) is 11.0. The van der Waals surface area contributed by atoms with Crippen LogP contribution < -0.4 is 11.2 Å². The summed E-state index contributed by atoms with van der Waals surface area (Å²) in [6.07, 6.45) is 0. The van der Waals surface area contributed by atoms with Crippen molar-refractivity contribution in [1.29, 1.82) is 0 Å². The molecule has 7 heteroatoms. The maximum Gasteiger partial charge on any atom is 0.335 e. The molecule has 0 amide bonds. The summed E-state index contributed by atoms with van der Waals surface area (Å²) in [5.41, 5.74) is -1.91. The van der Waals surface area contributed by atoms with Crippen LogP contribution in [0.2, 0.25) is 0 Å². The topological polar surface area (TPSA) is 75.1 Å². The van der Waals surface area contributed by atoms with Gasteiger partial charge in [-0.3, -0.25) is 9.78 Å². The van der Waals surface area contributed by atoms with Gasteiger partial charge in [-0.2, -0.15) is 4.39 Å². The highest BCUT2D eigenvalue weighted by Crippen LogP contribution is 2.23. The average Bonchev–Trinajstić information content (AvgIpc) is 2.45. The molecule has 0 radical (unpaired) electrons. The molecule has 0 bridgehead atoms. The van der Waals surface area contributed by atoms with Gasteiger partial charge in [-0.15, -0.1) is 0 Å². The lowest BCUT2D eigenvalue weighted by Gasteiger charge is -2.09. The van der Waals surface area contributed by atoms with E-state index >= 15 is 0 Å². The zero-order valence-corrected chi connectivity index (χ0v) is 12.0. The molecule has 1 aromatic heterocycles. The highest BCUT2D eigenvalue weighted by atomic mass is 79.9. The first-order valence-electron chi connectivity index (χ1n) is 5.91. The number of rotatable bonds is 1. The van der Waals surface area contributed by atoms with E-state index in [1.807, 2.05) is 23.2 Å². The van der Waals surface area contributed by atoms with Crippen molar-refractivity contribution < 1.29 is 9.50 Å². The predicted molar refractivity (Wildman–Crippen MR) is 79.5 cm³/mol. The van der Waals surface area contributed by atoms with E-state index in [0.29, 0.717) is 4.57 Å². The second-order valence-corrected chi connectivity index (χ2v) is 5.32. The van der Waals surface area contributed by atoms with Gasteiger partial charge in [-0.1, -0.05) is 28.1 Å². The Labute approximate surface area is 125 Å². The molecule has 0 fully saturated rings. The Morgan fingerprint density at radius 2 is 1.76 bits per heavy atom. The summed E-state index contributed by atoms with van der Waals surface area (Å²) in [5.74, 6) is -2.41. The third-order valence-corrected chi connectivity index (χ3v) is 3.57. The van der Waals surface area contributed by atoms with E-state index in [4.69, 9.17) is 0 Å². The van der Waals surface area contributed by atoms with Crippen LogP contribution in [0.3, 0.4) is 0 Å². The number of nitrogens with zero attached hydrogens (tertiary/aromatic N) is 1. The molecule has 3 rings (SSSR count). The van der Waals surface area contributed by atoms with Crippen molar-refractivity contribution in [3.8, 4) is 11.6 Å². The van der Waals surface area contributed by atoms with E-state index in [2.05, 4.69) is 15.9 Å². The van der Waals surface area contributed by atoms with Crippen molar-refractivity contribution in [2.75, 3.05) is 0 Å². The molecule has 3 aromatic rings.